The average molecular weight is 364 g/mol. The molecular weight excluding hydrogens is 340 g/mol. The van der Waals surface area contributed by atoms with Crippen LogP contribution in [0, 0.1) is 5.92 Å². The SMILES string of the molecule is Cn1c2c(c(=O)n(CC3CC3)c1=O)CC(SCCN1CCOCC1)=N2. The maximum Gasteiger partial charge on any atom is 0.332 e. The van der Waals surface area contributed by atoms with Crippen LogP contribution in [-0.4, -0.2) is 57.7 Å². The zero-order chi connectivity index (χ0) is 17.4. The van der Waals surface area contributed by atoms with Crippen LogP contribution >= 0.6 is 11.8 Å². The monoisotopic (exact) mass is 364 g/mol. The van der Waals surface area contributed by atoms with E-state index in [2.05, 4.69) is 9.89 Å². The van der Waals surface area contributed by atoms with Gasteiger partial charge in [0.15, 0.2) is 0 Å². The summed E-state index contributed by atoms with van der Waals surface area (Å²) < 4.78 is 8.31. The summed E-state index contributed by atoms with van der Waals surface area (Å²) in [6.45, 7) is 5.12. The normalized spacial score (nSPS) is 20.6. The van der Waals surface area contributed by atoms with Gasteiger partial charge in [-0.15, -0.1) is 11.8 Å². The summed E-state index contributed by atoms with van der Waals surface area (Å²) in [6, 6.07) is 0. The molecule has 0 N–H and O–H groups in total. The van der Waals surface area contributed by atoms with Crippen molar-refractivity contribution in [2.24, 2.45) is 18.0 Å². The van der Waals surface area contributed by atoms with Gasteiger partial charge < -0.3 is 4.74 Å². The largest absolute Gasteiger partial charge is 0.379 e. The number of thioether (sulfide) groups is 1. The third-order valence-electron chi connectivity index (χ3n) is 5.08. The Morgan fingerprint density at radius 3 is 2.72 bits per heavy atom. The van der Waals surface area contributed by atoms with Gasteiger partial charge in [0.1, 0.15) is 5.82 Å². The summed E-state index contributed by atoms with van der Waals surface area (Å²) in [4.78, 5) is 32.1. The molecule has 0 radical (unpaired) electrons. The third kappa shape index (κ3) is 3.61. The van der Waals surface area contributed by atoms with Gasteiger partial charge in [-0.05, 0) is 18.8 Å². The van der Waals surface area contributed by atoms with Gasteiger partial charge in [-0.1, -0.05) is 0 Å². The van der Waals surface area contributed by atoms with Crippen molar-refractivity contribution in [3.8, 4) is 0 Å². The first-order valence-corrected chi connectivity index (χ1v) is 9.95. The van der Waals surface area contributed by atoms with Crippen LogP contribution in [0.1, 0.15) is 18.4 Å². The molecular formula is C17H24N4O3S. The molecule has 25 heavy (non-hydrogen) atoms. The first-order valence-electron chi connectivity index (χ1n) is 8.96. The zero-order valence-electron chi connectivity index (χ0n) is 14.6. The molecule has 1 saturated carbocycles. The second-order valence-corrected chi connectivity index (χ2v) is 8.16. The first kappa shape index (κ1) is 17.1. The number of hydrogen-bond acceptors (Lipinski definition) is 6. The Morgan fingerprint density at radius 2 is 2.00 bits per heavy atom. The van der Waals surface area contributed by atoms with E-state index >= 15 is 0 Å². The Morgan fingerprint density at radius 1 is 1.24 bits per heavy atom. The number of nitrogens with zero attached hydrogens (tertiary/aromatic N) is 4. The molecule has 1 aromatic rings. The summed E-state index contributed by atoms with van der Waals surface area (Å²) in [7, 11) is 1.72. The van der Waals surface area contributed by atoms with Crippen molar-refractivity contribution in [1.82, 2.24) is 14.0 Å². The van der Waals surface area contributed by atoms with E-state index in [9.17, 15) is 9.59 Å². The maximum atomic E-state index is 12.7. The molecule has 4 rings (SSSR count). The summed E-state index contributed by atoms with van der Waals surface area (Å²) in [5.41, 5.74) is 0.299. The lowest BCUT2D eigenvalue weighted by Gasteiger charge is -2.26. The van der Waals surface area contributed by atoms with E-state index in [0.29, 0.717) is 30.3 Å². The Hall–Kier alpha value is -1.38. The predicted molar refractivity (Wildman–Crippen MR) is 99.2 cm³/mol. The van der Waals surface area contributed by atoms with Crippen LogP contribution in [0.25, 0.3) is 0 Å². The van der Waals surface area contributed by atoms with E-state index < -0.39 is 0 Å². The lowest BCUT2D eigenvalue weighted by molar-refractivity contribution is 0.0410. The molecule has 2 fully saturated rings. The standard InChI is InChI=1S/C17H24N4O3S/c1-19-15-13(16(22)21(17(19)23)11-12-2-3-12)10-14(18-15)25-9-6-20-4-7-24-8-5-20/h12H,2-11H2,1H3. The fourth-order valence-electron chi connectivity index (χ4n) is 3.35. The summed E-state index contributed by atoms with van der Waals surface area (Å²) >= 11 is 1.69. The topological polar surface area (TPSA) is 68.8 Å². The number of morpholine rings is 1. The lowest BCUT2D eigenvalue weighted by atomic mass is 10.2. The van der Waals surface area contributed by atoms with Gasteiger partial charge >= 0.3 is 5.69 Å². The molecule has 1 aliphatic carbocycles. The minimum Gasteiger partial charge on any atom is -0.379 e. The van der Waals surface area contributed by atoms with Gasteiger partial charge in [0.25, 0.3) is 5.56 Å². The smallest absolute Gasteiger partial charge is 0.332 e. The van der Waals surface area contributed by atoms with Gasteiger partial charge in [0.2, 0.25) is 0 Å². The fourth-order valence-corrected chi connectivity index (χ4v) is 4.33. The van der Waals surface area contributed by atoms with E-state index in [1.54, 1.807) is 18.8 Å². The fraction of sp³-hybridized carbons (Fsp3) is 0.706. The molecule has 7 nitrogen and oxygen atoms in total. The predicted octanol–water partition coefficient (Wildman–Crippen LogP) is 0.609. The van der Waals surface area contributed by atoms with Gasteiger partial charge in [0, 0.05) is 45.4 Å². The van der Waals surface area contributed by atoms with Crippen molar-refractivity contribution in [2.45, 2.75) is 25.8 Å². The molecule has 1 saturated heterocycles. The van der Waals surface area contributed by atoms with Crippen molar-refractivity contribution in [2.75, 3.05) is 38.6 Å². The van der Waals surface area contributed by atoms with Crippen molar-refractivity contribution in [3.05, 3.63) is 26.4 Å². The molecule has 0 unspecified atom stereocenters. The van der Waals surface area contributed by atoms with Crippen LogP contribution in [0.2, 0.25) is 0 Å². The third-order valence-corrected chi connectivity index (χ3v) is 6.04. The Bertz CT molecular complexity index is 803. The minimum absolute atomic E-state index is 0.141. The molecule has 3 aliphatic rings. The van der Waals surface area contributed by atoms with E-state index in [4.69, 9.17) is 4.74 Å². The number of aliphatic imine (C=N–C) groups is 1. The minimum atomic E-state index is -0.237. The molecule has 0 amide bonds. The molecule has 8 heteroatoms. The van der Waals surface area contributed by atoms with Crippen molar-refractivity contribution < 1.29 is 4.74 Å². The van der Waals surface area contributed by atoms with Gasteiger partial charge in [-0.2, -0.15) is 0 Å². The van der Waals surface area contributed by atoms with Crippen molar-refractivity contribution >= 4 is 22.6 Å². The van der Waals surface area contributed by atoms with Gasteiger partial charge in [-0.25, -0.2) is 9.79 Å². The highest BCUT2D eigenvalue weighted by molar-refractivity contribution is 8.14. The Balaban J connectivity index is 1.44. The molecule has 0 atom stereocenters. The zero-order valence-corrected chi connectivity index (χ0v) is 15.4. The van der Waals surface area contributed by atoms with E-state index in [0.717, 1.165) is 56.5 Å². The number of rotatable bonds is 5. The quantitative estimate of drug-likeness (QED) is 0.766. The van der Waals surface area contributed by atoms with Crippen LogP contribution in [0.4, 0.5) is 5.82 Å². The number of ether oxygens (including phenoxy) is 1. The number of fused-ring (bicyclic) bond motifs is 1. The van der Waals surface area contributed by atoms with E-state index in [1.807, 2.05) is 0 Å². The Labute approximate surface area is 150 Å². The van der Waals surface area contributed by atoms with Crippen molar-refractivity contribution in [3.63, 3.8) is 0 Å². The molecule has 0 spiro atoms. The molecule has 0 bridgehead atoms. The molecule has 2 aliphatic heterocycles. The Kier molecular flexibility index (Phi) is 4.84. The lowest BCUT2D eigenvalue weighted by Crippen LogP contribution is -2.40. The van der Waals surface area contributed by atoms with Gasteiger partial charge in [-0.3, -0.25) is 18.8 Å². The summed E-state index contributed by atoms with van der Waals surface area (Å²) in [5.74, 6) is 1.99. The average Bonchev–Trinajstić information content (AvgIpc) is 3.35. The second-order valence-electron chi connectivity index (χ2n) is 6.99. The molecule has 136 valence electrons. The van der Waals surface area contributed by atoms with E-state index in [1.165, 1.54) is 9.13 Å². The van der Waals surface area contributed by atoms with Crippen LogP contribution in [0.5, 0.6) is 0 Å². The van der Waals surface area contributed by atoms with Crippen LogP contribution in [0.3, 0.4) is 0 Å². The van der Waals surface area contributed by atoms with Gasteiger partial charge in [0.05, 0.1) is 23.8 Å². The van der Waals surface area contributed by atoms with E-state index in [-0.39, 0.29) is 11.2 Å². The highest BCUT2D eigenvalue weighted by atomic mass is 32.2. The first-order chi connectivity index (χ1) is 12.1. The van der Waals surface area contributed by atoms with Crippen LogP contribution in [0.15, 0.2) is 14.6 Å². The highest BCUT2D eigenvalue weighted by Crippen LogP contribution is 2.30. The molecule has 1 aromatic heterocycles. The van der Waals surface area contributed by atoms with Crippen molar-refractivity contribution in [1.29, 1.82) is 0 Å². The molecule has 3 heterocycles. The molecule has 0 aromatic carbocycles. The number of aromatic nitrogens is 2. The summed E-state index contributed by atoms with van der Waals surface area (Å²) in [5, 5.41) is 0.944. The number of hydrogen-bond donors (Lipinski definition) is 0. The van der Waals surface area contributed by atoms with Crippen LogP contribution < -0.4 is 11.2 Å². The maximum absolute atomic E-state index is 12.7. The summed E-state index contributed by atoms with van der Waals surface area (Å²) in [6.07, 6.45) is 2.79. The second kappa shape index (κ2) is 7.09. The highest BCUT2D eigenvalue weighted by Gasteiger charge is 2.28. The van der Waals surface area contributed by atoms with Crippen LogP contribution in [-0.2, 0) is 24.8 Å².